The van der Waals surface area contributed by atoms with Crippen molar-refractivity contribution in [1.82, 2.24) is 9.80 Å². The summed E-state index contributed by atoms with van der Waals surface area (Å²) >= 11 is -0.103. The van der Waals surface area contributed by atoms with Gasteiger partial charge >= 0.3 is 5.51 Å². The molecule has 0 saturated carbocycles. The number of alkyl halides is 3. The van der Waals surface area contributed by atoms with Crippen molar-refractivity contribution < 1.29 is 18.0 Å². The van der Waals surface area contributed by atoms with Crippen molar-refractivity contribution in [3.8, 4) is 0 Å². The van der Waals surface area contributed by atoms with Gasteiger partial charge in [0.15, 0.2) is 0 Å². The number of benzene rings is 2. The summed E-state index contributed by atoms with van der Waals surface area (Å²) in [5.74, 6) is 0.209. The number of piperidine rings is 1. The molecule has 2 aliphatic rings. The molecule has 2 aliphatic heterocycles. The average Bonchev–Trinajstić information content (AvgIpc) is 3.13. The topological polar surface area (TPSA) is 38.8 Å². The van der Waals surface area contributed by atoms with Crippen LogP contribution in [0, 0.1) is 0 Å². The van der Waals surface area contributed by atoms with E-state index in [9.17, 15) is 18.0 Å². The van der Waals surface area contributed by atoms with Gasteiger partial charge in [-0.2, -0.15) is 13.2 Å². The second-order valence-corrected chi connectivity index (χ2v) is 12.7. The van der Waals surface area contributed by atoms with E-state index in [1.54, 1.807) is 12.1 Å². The van der Waals surface area contributed by atoms with Gasteiger partial charge in [-0.1, -0.05) is 40.3 Å². The number of nitrogens with zero attached hydrogens (tertiary/aromatic N) is 3. The van der Waals surface area contributed by atoms with Crippen LogP contribution in [0.15, 0.2) is 53.4 Å². The minimum Gasteiger partial charge on any atom is -0.382 e. The summed E-state index contributed by atoms with van der Waals surface area (Å²) in [6, 6.07) is 15.5. The Hall–Kier alpha value is -2.39. The van der Waals surface area contributed by atoms with Gasteiger partial charge in [0.25, 0.3) is 0 Å². The molecule has 2 fully saturated rings. The van der Waals surface area contributed by atoms with Crippen molar-refractivity contribution in [2.75, 3.05) is 56.0 Å². The number of likely N-dealkylation sites (tertiary alicyclic amines) is 1. The molecular formula is C31H45F3N4OS. The zero-order valence-electron chi connectivity index (χ0n) is 23.3. The number of hydrogen-bond donors (Lipinski definition) is 1. The van der Waals surface area contributed by atoms with Crippen LogP contribution in [0.4, 0.5) is 24.5 Å². The van der Waals surface area contributed by atoms with E-state index in [4.69, 9.17) is 0 Å². The molecule has 2 aromatic carbocycles. The van der Waals surface area contributed by atoms with Crippen LogP contribution in [0.3, 0.4) is 0 Å². The quantitative estimate of drug-likeness (QED) is 0.351. The molecule has 40 heavy (non-hydrogen) atoms. The van der Waals surface area contributed by atoms with Crippen molar-refractivity contribution >= 4 is 29.0 Å². The number of rotatable bonds is 7. The maximum atomic E-state index is 12.9. The van der Waals surface area contributed by atoms with E-state index in [0.29, 0.717) is 19.5 Å². The Balaban J connectivity index is 0.00000441. The largest absolute Gasteiger partial charge is 0.446 e. The lowest BCUT2D eigenvalue weighted by atomic mass is 9.87. The van der Waals surface area contributed by atoms with E-state index in [1.807, 2.05) is 4.90 Å². The lowest BCUT2D eigenvalue weighted by molar-refractivity contribution is -0.132. The SMILES string of the molecule is C.CC(C)(C)c1ccc(N2CCCN(CCC(=O)N3CCC(Nc4ccc(SC(F)(F)F)cc4)CC3)CC2)cc1. The van der Waals surface area contributed by atoms with E-state index in [-0.39, 0.29) is 41.4 Å². The van der Waals surface area contributed by atoms with Crippen LogP contribution in [0.1, 0.15) is 59.4 Å². The van der Waals surface area contributed by atoms with E-state index >= 15 is 0 Å². The minimum absolute atomic E-state index is 0. The monoisotopic (exact) mass is 578 g/mol. The lowest BCUT2D eigenvalue weighted by Gasteiger charge is -2.33. The van der Waals surface area contributed by atoms with Gasteiger partial charge in [-0.05, 0) is 84.9 Å². The summed E-state index contributed by atoms with van der Waals surface area (Å²) < 4.78 is 37.6. The molecule has 0 atom stereocenters. The predicted octanol–water partition coefficient (Wildman–Crippen LogP) is 7.24. The van der Waals surface area contributed by atoms with Crippen LogP contribution < -0.4 is 10.2 Å². The highest BCUT2D eigenvalue weighted by molar-refractivity contribution is 8.00. The van der Waals surface area contributed by atoms with Crippen LogP contribution >= 0.6 is 11.8 Å². The summed E-state index contributed by atoms with van der Waals surface area (Å²) in [6.07, 6.45) is 3.29. The van der Waals surface area contributed by atoms with E-state index in [1.165, 1.54) is 23.4 Å². The number of nitrogens with one attached hydrogen (secondary N) is 1. The number of carbonyl (C=O) groups is 1. The molecular weight excluding hydrogens is 533 g/mol. The number of carbonyl (C=O) groups excluding carboxylic acids is 1. The first-order valence-corrected chi connectivity index (χ1v) is 14.8. The highest BCUT2D eigenvalue weighted by atomic mass is 32.2. The molecule has 0 bridgehead atoms. The molecule has 0 aliphatic carbocycles. The molecule has 0 unspecified atom stereocenters. The standard InChI is InChI=1S/C30H41F3N4OS.CH4/c1-29(2,3)23-5-9-26(10-6-23)36-17-4-16-35(21-22-36)18-15-28(38)37-19-13-25(14-20-37)34-24-7-11-27(12-8-24)39-30(31,32)33;/h5-12,25,34H,4,13-22H2,1-3H3;1H4. The van der Waals surface area contributed by atoms with E-state index in [0.717, 1.165) is 57.7 Å². The Kier molecular flexibility index (Phi) is 11.2. The van der Waals surface area contributed by atoms with Gasteiger partial charge in [0, 0.05) is 68.0 Å². The first-order chi connectivity index (χ1) is 18.5. The fourth-order valence-corrected chi connectivity index (χ4v) is 5.84. The molecule has 0 radical (unpaired) electrons. The zero-order chi connectivity index (χ0) is 28.0. The summed E-state index contributed by atoms with van der Waals surface area (Å²) in [5, 5.41) is 3.41. The Bertz CT molecular complexity index is 1060. The van der Waals surface area contributed by atoms with Gasteiger partial charge in [0.1, 0.15) is 0 Å². The molecule has 1 amide bonds. The Morgan fingerprint density at radius 1 is 0.900 bits per heavy atom. The van der Waals surface area contributed by atoms with Gasteiger partial charge in [-0.15, -0.1) is 0 Å². The Morgan fingerprint density at radius 2 is 1.55 bits per heavy atom. The van der Waals surface area contributed by atoms with Gasteiger partial charge in [-0.3, -0.25) is 4.79 Å². The summed E-state index contributed by atoms with van der Waals surface area (Å²) in [6.45, 7) is 12.9. The summed E-state index contributed by atoms with van der Waals surface area (Å²) in [4.78, 5) is 19.9. The van der Waals surface area contributed by atoms with Gasteiger partial charge in [0.2, 0.25) is 5.91 Å². The van der Waals surface area contributed by atoms with Crippen LogP contribution in [-0.2, 0) is 10.2 Å². The second kappa shape index (κ2) is 14.0. The minimum atomic E-state index is -4.28. The molecule has 4 rings (SSSR count). The molecule has 5 nitrogen and oxygen atoms in total. The highest BCUT2D eigenvalue weighted by Gasteiger charge is 2.29. The second-order valence-electron chi connectivity index (χ2n) is 11.6. The fourth-order valence-electron chi connectivity index (χ4n) is 5.30. The molecule has 2 heterocycles. The maximum absolute atomic E-state index is 12.9. The summed E-state index contributed by atoms with van der Waals surface area (Å²) in [7, 11) is 0. The third kappa shape index (κ3) is 9.61. The van der Waals surface area contributed by atoms with Crippen LogP contribution in [-0.4, -0.2) is 73.1 Å². The van der Waals surface area contributed by atoms with E-state index in [2.05, 4.69) is 60.2 Å². The average molecular weight is 579 g/mol. The van der Waals surface area contributed by atoms with Gasteiger partial charge in [0.05, 0.1) is 0 Å². The van der Waals surface area contributed by atoms with Crippen molar-refractivity contribution in [2.24, 2.45) is 0 Å². The lowest BCUT2D eigenvalue weighted by Crippen LogP contribution is -2.43. The fraction of sp³-hybridized carbons (Fsp3) is 0.581. The van der Waals surface area contributed by atoms with Gasteiger partial charge < -0.3 is 20.0 Å². The highest BCUT2D eigenvalue weighted by Crippen LogP contribution is 2.37. The molecule has 2 saturated heterocycles. The molecule has 0 aromatic heterocycles. The van der Waals surface area contributed by atoms with Crippen molar-refractivity contribution in [3.63, 3.8) is 0 Å². The smallest absolute Gasteiger partial charge is 0.382 e. The Morgan fingerprint density at radius 3 is 2.15 bits per heavy atom. The third-order valence-corrected chi connectivity index (χ3v) is 8.37. The predicted molar refractivity (Wildman–Crippen MR) is 161 cm³/mol. The first-order valence-electron chi connectivity index (χ1n) is 13.9. The van der Waals surface area contributed by atoms with Crippen LogP contribution in [0.2, 0.25) is 0 Å². The first kappa shape index (κ1) is 32.1. The van der Waals surface area contributed by atoms with Crippen LogP contribution in [0.5, 0.6) is 0 Å². The third-order valence-electron chi connectivity index (χ3n) is 7.64. The maximum Gasteiger partial charge on any atom is 0.446 e. The number of halogens is 3. The van der Waals surface area contributed by atoms with Crippen molar-refractivity contribution in [2.45, 2.75) is 75.7 Å². The number of thioether (sulfide) groups is 1. The normalized spacial score (nSPS) is 17.8. The molecule has 2 aromatic rings. The Labute approximate surface area is 242 Å². The van der Waals surface area contributed by atoms with Crippen LogP contribution in [0.25, 0.3) is 0 Å². The van der Waals surface area contributed by atoms with E-state index < -0.39 is 5.51 Å². The van der Waals surface area contributed by atoms with Gasteiger partial charge in [-0.25, -0.2) is 0 Å². The zero-order valence-corrected chi connectivity index (χ0v) is 24.1. The number of anilines is 2. The van der Waals surface area contributed by atoms with Crippen molar-refractivity contribution in [3.05, 3.63) is 54.1 Å². The molecule has 1 N–H and O–H groups in total. The van der Waals surface area contributed by atoms with Crippen molar-refractivity contribution in [1.29, 1.82) is 0 Å². The number of hydrogen-bond acceptors (Lipinski definition) is 5. The number of amides is 1. The summed E-state index contributed by atoms with van der Waals surface area (Å²) in [5.41, 5.74) is -0.694. The molecule has 9 heteroatoms. The molecule has 222 valence electrons. The molecule has 0 spiro atoms.